The monoisotopic (exact) mass is 274 g/mol. The van der Waals surface area contributed by atoms with Crippen LogP contribution in [0.4, 0.5) is 0 Å². The normalized spacial score (nSPS) is 10.8. The minimum atomic E-state index is 0.767. The highest BCUT2D eigenvalue weighted by Crippen LogP contribution is 2.17. The van der Waals surface area contributed by atoms with Crippen molar-refractivity contribution in [1.29, 1.82) is 0 Å². The van der Waals surface area contributed by atoms with Crippen LogP contribution in [-0.4, -0.2) is 19.5 Å². The number of fused-ring (bicyclic) bond motifs is 1. The van der Waals surface area contributed by atoms with Gasteiger partial charge in [-0.25, -0.2) is 9.97 Å². The second-order valence-corrected chi connectivity index (χ2v) is 4.25. The van der Waals surface area contributed by atoms with Crippen molar-refractivity contribution in [1.82, 2.24) is 19.5 Å². The zero-order chi connectivity index (χ0) is 11.0. The Morgan fingerprint density at radius 3 is 2.94 bits per heavy atom. The van der Waals surface area contributed by atoms with Gasteiger partial charge in [-0.1, -0.05) is 15.9 Å². The van der Waals surface area contributed by atoms with Crippen molar-refractivity contribution in [2.45, 2.75) is 0 Å². The van der Waals surface area contributed by atoms with E-state index >= 15 is 0 Å². The molecule has 0 unspecified atom stereocenters. The fraction of sp³-hybridized carbons (Fsp3) is 0. The summed E-state index contributed by atoms with van der Waals surface area (Å²) in [6.45, 7) is 0. The third-order valence-electron chi connectivity index (χ3n) is 2.26. The quantitative estimate of drug-likeness (QED) is 0.685. The molecule has 0 radical (unpaired) electrons. The van der Waals surface area contributed by atoms with Gasteiger partial charge in [0.25, 0.3) is 0 Å². The lowest BCUT2D eigenvalue weighted by atomic mass is 10.3. The summed E-state index contributed by atoms with van der Waals surface area (Å²) in [5, 5.41) is 0. The molecule has 0 spiro atoms. The topological polar surface area (TPSA) is 43.6 Å². The molecule has 0 aliphatic heterocycles. The Kier molecular flexibility index (Phi) is 2.18. The maximum atomic E-state index is 4.51. The van der Waals surface area contributed by atoms with Crippen molar-refractivity contribution in [3.63, 3.8) is 0 Å². The Morgan fingerprint density at radius 2 is 2.12 bits per heavy atom. The van der Waals surface area contributed by atoms with E-state index in [9.17, 15) is 0 Å². The van der Waals surface area contributed by atoms with E-state index in [-0.39, 0.29) is 0 Å². The van der Waals surface area contributed by atoms with Crippen LogP contribution in [0.15, 0.2) is 47.6 Å². The molecule has 0 bridgehead atoms. The fourth-order valence-corrected chi connectivity index (χ4v) is 1.84. The van der Waals surface area contributed by atoms with Crippen LogP contribution >= 0.6 is 15.9 Å². The van der Waals surface area contributed by atoms with E-state index in [0.717, 1.165) is 21.3 Å². The lowest BCUT2D eigenvalue weighted by molar-refractivity contribution is 0.990. The Hall–Kier alpha value is -1.75. The Bertz CT molecular complexity index is 634. The van der Waals surface area contributed by atoms with Crippen LogP contribution < -0.4 is 0 Å². The molecule has 2 heterocycles. The van der Waals surface area contributed by atoms with Gasteiger partial charge < -0.3 is 0 Å². The highest BCUT2D eigenvalue weighted by Gasteiger charge is 2.01. The first kappa shape index (κ1) is 9.47. The second-order valence-electron chi connectivity index (χ2n) is 3.33. The molecule has 0 aliphatic carbocycles. The number of rotatable bonds is 1. The van der Waals surface area contributed by atoms with Gasteiger partial charge in [-0.05, 0) is 18.2 Å². The molecule has 16 heavy (non-hydrogen) atoms. The molecule has 3 aromatic rings. The number of hydrogen-bond donors (Lipinski definition) is 0. The third kappa shape index (κ3) is 1.59. The van der Waals surface area contributed by atoms with E-state index in [0.29, 0.717) is 0 Å². The Labute approximate surface area is 100 Å². The Balaban J connectivity index is 2.22. The van der Waals surface area contributed by atoms with Gasteiger partial charge in [0.2, 0.25) is 0 Å². The summed E-state index contributed by atoms with van der Waals surface area (Å²) < 4.78 is 2.82. The summed E-state index contributed by atoms with van der Waals surface area (Å²) >= 11 is 3.42. The molecule has 0 aliphatic rings. The van der Waals surface area contributed by atoms with Gasteiger partial charge >= 0.3 is 0 Å². The highest BCUT2D eigenvalue weighted by molar-refractivity contribution is 9.10. The summed E-state index contributed by atoms with van der Waals surface area (Å²) in [5.41, 5.74) is 1.74. The molecule has 0 atom stereocenters. The zero-order valence-corrected chi connectivity index (χ0v) is 9.79. The van der Waals surface area contributed by atoms with Crippen LogP contribution in [0.2, 0.25) is 0 Å². The van der Waals surface area contributed by atoms with Crippen molar-refractivity contribution < 1.29 is 0 Å². The van der Waals surface area contributed by atoms with E-state index in [1.165, 1.54) is 0 Å². The molecule has 1 aromatic carbocycles. The van der Waals surface area contributed by atoms with Crippen LogP contribution in [0.25, 0.3) is 16.9 Å². The van der Waals surface area contributed by atoms with Gasteiger partial charge in [-0.15, -0.1) is 0 Å². The van der Waals surface area contributed by atoms with Gasteiger partial charge in [0, 0.05) is 16.9 Å². The molecule has 0 saturated heterocycles. The number of hydrogen-bond acceptors (Lipinski definition) is 3. The molecule has 0 amide bonds. The van der Waals surface area contributed by atoms with E-state index < -0.39 is 0 Å². The molecular formula is C11H7BrN4. The largest absolute Gasteiger partial charge is 0.289 e. The number of aromatic nitrogens is 4. The molecule has 0 saturated carbocycles. The summed E-state index contributed by atoms with van der Waals surface area (Å²) in [6.07, 6.45) is 6.99. The number of benzene rings is 1. The van der Waals surface area contributed by atoms with Crippen molar-refractivity contribution in [3.8, 4) is 5.82 Å². The minimum Gasteiger partial charge on any atom is -0.289 e. The fourth-order valence-electron chi connectivity index (χ4n) is 1.49. The van der Waals surface area contributed by atoms with Crippen LogP contribution in [0.1, 0.15) is 0 Å². The smallest absolute Gasteiger partial charge is 0.157 e. The summed E-state index contributed by atoms with van der Waals surface area (Å²) in [7, 11) is 0. The first-order valence-electron chi connectivity index (χ1n) is 4.73. The van der Waals surface area contributed by atoms with Gasteiger partial charge in [0.1, 0.15) is 6.33 Å². The van der Waals surface area contributed by atoms with Gasteiger partial charge in [0.15, 0.2) is 5.82 Å². The molecule has 0 N–H and O–H groups in total. The van der Waals surface area contributed by atoms with Gasteiger partial charge in [0.05, 0.1) is 17.2 Å². The maximum absolute atomic E-state index is 4.51. The molecule has 5 heteroatoms. The first-order valence-corrected chi connectivity index (χ1v) is 5.53. The van der Waals surface area contributed by atoms with Crippen LogP contribution in [0.3, 0.4) is 0 Å². The van der Waals surface area contributed by atoms with Crippen molar-refractivity contribution in [2.24, 2.45) is 0 Å². The molecule has 3 rings (SSSR count). The third-order valence-corrected chi connectivity index (χ3v) is 2.75. The van der Waals surface area contributed by atoms with E-state index in [1.54, 1.807) is 18.7 Å². The molecule has 4 nitrogen and oxygen atoms in total. The lowest BCUT2D eigenvalue weighted by Crippen LogP contribution is -1.96. The SMILES string of the molecule is Brc1ccc2ncc(-n3ccnc3)nc2c1. The van der Waals surface area contributed by atoms with Crippen LogP contribution in [0.5, 0.6) is 0 Å². The minimum absolute atomic E-state index is 0.767. The summed E-state index contributed by atoms with van der Waals surface area (Å²) in [4.78, 5) is 12.8. The average Bonchev–Trinajstić information content (AvgIpc) is 2.81. The van der Waals surface area contributed by atoms with E-state index in [4.69, 9.17) is 0 Å². The van der Waals surface area contributed by atoms with Crippen molar-refractivity contribution >= 4 is 27.0 Å². The summed E-state index contributed by atoms with van der Waals surface area (Å²) in [5.74, 6) is 0.767. The van der Waals surface area contributed by atoms with Crippen LogP contribution in [0, 0.1) is 0 Å². The predicted molar refractivity (Wildman–Crippen MR) is 64.4 cm³/mol. The number of imidazole rings is 1. The van der Waals surface area contributed by atoms with Crippen molar-refractivity contribution in [3.05, 3.63) is 47.6 Å². The van der Waals surface area contributed by atoms with Gasteiger partial charge in [-0.2, -0.15) is 0 Å². The Morgan fingerprint density at radius 1 is 1.19 bits per heavy atom. The summed E-state index contributed by atoms with van der Waals surface area (Å²) in [6, 6.07) is 5.83. The maximum Gasteiger partial charge on any atom is 0.157 e. The lowest BCUT2D eigenvalue weighted by Gasteiger charge is -2.02. The van der Waals surface area contributed by atoms with E-state index in [2.05, 4.69) is 30.9 Å². The molecule has 2 aromatic heterocycles. The number of nitrogens with zero attached hydrogens (tertiary/aromatic N) is 4. The number of halogens is 1. The zero-order valence-electron chi connectivity index (χ0n) is 8.21. The predicted octanol–water partition coefficient (Wildman–Crippen LogP) is 2.58. The second kappa shape index (κ2) is 3.68. The average molecular weight is 275 g/mol. The first-order chi connectivity index (χ1) is 7.83. The highest BCUT2D eigenvalue weighted by atomic mass is 79.9. The van der Waals surface area contributed by atoms with Gasteiger partial charge in [-0.3, -0.25) is 9.55 Å². The molecule has 78 valence electrons. The standard InChI is InChI=1S/C11H7BrN4/c12-8-1-2-9-10(5-8)15-11(6-14-9)16-4-3-13-7-16/h1-7H. The van der Waals surface area contributed by atoms with E-state index in [1.807, 2.05) is 29.0 Å². The molecule has 0 fully saturated rings. The molecular weight excluding hydrogens is 268 g/mol. The van der Waals surface area contributed by atoms with Crippen molar-refractivity contribution in [2.75, 3.05) is 0 Å². The van der Waals surface area contributed by atoms with Crippen LogP contribution in [-0.2, 0) is 0 Å².